The van der Waals surface area contributed by atoms with Crippen LogP contribution in [0.4, 0.5) is 0 Å². The third-order valence-corrected chi connectivity index (χ3v) is 3.78. The van der Waals surface area contributed by atoms with E-state index < -0.39 is 6.10 Å². The van der Waals surface area contributed by atoms with Gasteiger partial charge in [0.2, 0.25) is 0 Å². The molecule has 0 aromatic heterocycles. The molecule has 1 fully saturated rings. The third kappa shape index (κ3) is 5.38. The van der Waals surface area contributed by atoms with E-state index in [0.29, 0.717) is 6.04 Å². The van der Waals surface area contributed by atoms with E-state index in [2.05, 4.69) is 10.6 Å². The number of ether oxygens (including phenoxy) is 1. The molecule has 2 N–H and O–H groups in total. The topological polar surface area (TPSA) is 50.4 Å². The first kappa shape index (κ1) is 15.8. The maximum Gasteiger partial charge on any atom is 0.260 e. The van der Waals surface area contributed by atoms with E-state index in [1.807, 2.05) is 38.1 Å². The average Bonchev–Trinajstić information content (AvgIpc) is 3.30. The fourth-order valence-electron chi connectivity index (χ4n) is 1.96. The molecule has 4 heteroatoms. The highest BCUT2D eigenvalue weighted by atomic mass is 16.5. The molecule has 2 rings (SSSR count). The molecule has 1 aliphatic rings. The zero-order valence-electron chi connectivity index (χ0n) is 13.2. The first-order valence-electron chi connectivity index (χ1n) is 7.88. The molecule has 4 nitrogen and oxygen atoms in total. The van der Waals surface area contributed by atoms with Gasteiger partial charge in [-0.2, -0.15) is 0 Å². The molecule has 1 aromatic carbocycles. The molecule has 1 saturated carbocycles. The van der Waals surface area contributed by atoms with Gasteiger partial charge in [-0.1, -0.05) is 19.1 Å². The van der Waals surface area contributed by atoms with Gasteiger partial charge in [-0.15, -0.1) is 0 Å². The summed E-state index contributed by atoms with van der Waals surface area (Å²) in [4.78, 5) is 11.9. The molecule has 21 heavy (non-hydrogen) atoms. The largest absolute Gasteiger partial charge is 0.481 e. The van der Waals surface area contributed by atoms with E-state index >= 15 is 0 Å². The Morgan fingerprint density at radius 2 is 1.95 bits per heavy atom. The minimum absolute atomic E-state index is 0.0659. The van der Waals surface area contributed by atoms with Crippen molar-refractivity contribution in [3.63, 3.8) is 0 Å². The lowest BCUT2D eigenvalue weighted by Crippen LogP contribution is -2.40. The molecule has 0 saturated heterocycles. The van der Waals surface area contributed by atoms with Crippen LogP contribution in [0.2, 0.25) is 0 Å². The molecule has 1 aliphatic carbocycles. The SMILES string of the molecule is CCC(C)NC(=O)C(C)Oc1ccc(CNC2CC2)cc1. The summed E-state index contributed by atoms with van der Waals surface area (Å²) in [6.07, 6.45) is 3.03. The minimum atomic E-state index is -0.477. The van der Waals surface area contributed by atoms with Gasteiger partial charge in [0.1, 0.15) is 5.75 Å². The Bertz CT molecular complexity index is 454. The van der Waals surface area contributed by atoms with Gasteiger partial charge in [0.25, 0.3) is 5.91 Å². The monoisotopic (exact) mass is 290 g/mol. The Balaban J connectivity index is 1.79. The van der Waals surface area contributed by atoms with Gasteiger partial charge in [0.05, 0.1) is 0 Å². The van der Waals surface area contributed by atoms with Crippen molar-refractivity contribution < 1.29 is 9.53 Å². The van der Waals surface area contributed by atoms with Gasteiger partial charge < -0.3 is 15.4 Å². The van der Waals surface area contributed by atoms with Crippen LogP contribution in [0.1, 0.15) is 45.6 Å². The molecule has 0 bridgehead atoms. The predicted octanol–water partition coefficient (Wildman–Crippen LogP) is 2.62. The maximum absolute atomic E-state index is 11.9. The average molecular weight is 290 g/mol. The van der Waals surface area contributed by atoms with E-state index in [9.17, 15) is 4.79 Å². The quantitative estimate of drug-likeness (QED) is 0.774. The lowest BCUT2D eigenvalue weighted by atomic mass is 10.2. The summed E-state index contributed by atoms with van der Waals surface area (Å²) in [7, 11) is 0. The fourth-order valence-corrected chi connectivity index (χ4v) is 1.96. The van der Waals surface area contributed by atoms with Crippen molar-refractivity contribution in [2.45, 2.75) is 64.8 Å². The Hall–Kier alpha value is -1.55. The highest BCUT2D eigenvalue weighted by Gasteiger charge is 2.20. The van der Waals surface area contributed by atoms with Gasteiger partial charge in [-0.05, 0) is 50.8 Å². The second-order valence-corrected chi connectivity index (χ2v) is 5.88. The Kier molecular flexibility index (Phi) is 5.62. The van der Waals surface area contributed by atoms with Crippen molar-refractivity contribution in [2.75, 3.05) is 0 Å². The van der Waals surface area contributed by atoms with Gasteiger partial charge in [0.15, 0.2) is 6.10 Å². The second kappa shape index (κ2) is 7.46. The Morgan fingerprint density at radius 1 is 1.29 bits per heavy atom. The lowest BCUT2D eigenvalue weighted by molar-refractivity contribution is -0.127. The molecule has 0 heterocycles. The summed E-state index contributed by atoms with van der Waals surface area (Å²) < 4.78 is 5.68. The number of carbonyl (C=O) groups excluding carboxylic acids is 1. The highest BCUT2D eigenvalue weighted by Crippen LogP contribution is 2.20. The summed E-state index contributed by atoms with van der Waals surface area (Å²) in [6.45, 7) is 6.71. The molecule has 0 radical (unpaired) electrons. The van der Waals surface area contributed by atoms with Crippen LogP contribution in [0, 0.1) is 0 Å². The van der Waals surface area contributed by atoms with Gasteiger partial charge in [0, 0.05) is 18.6 Å². The smallest absolute Gasteiger partial charge is 0.260 e. The van der Waals surface area contributed by atoms with Crippen LogP contribution in [-0.2, 0) is 11.3 Å². The van der Waals surface area contributed by atoms with E-state index in [4.69, 9.17) is 4.74 Å². The summed E-state index contributed by atoms with van der Waals surface area (Å²) in [5.41, 5.74) is 1.24. The zero-order valence-corrected chi connectivity index (χ0v) is 13.2. The highest BCUT2D eigenvalue weighted by molar-refractivity contribution is 5.80. The molecule has 0 spiro atoms. The molecule has 1 aromatic rings. The van der Waals surface area contributed by atoms with Crippen LogP contribution < -0.4 is 15.4 Å². The third-order valence-electron chi connectivity index (χ3n) is 3.78. The number of hydrogen-bond donors (Lipinski definition) is 2. The molecule has 2 atom stereocenters. The Labute approximate surface area is 127 Å². The first-order valence-corrected chi connectivity index (χ1v) is 7.88. The summed E-state index contributed by atoms with van der Waals surface area (Å²) >= 11 is 0. The van der Waals surface area contributed by atoms with E-state index in [-0.39, 0.29) is 11.9 Å². The van der Waals surface area contributed by atoms with Crippen LogP contribution in [0.15, 0.2) is 24.3 Å². The van der Waals surface area contributed by atoms with Gasteiger partial charge in [-0.25, -0.2) is 0 Å². The van der Waals surface area contributed by atoms with Crippen molar-refractivity contribution in [3.8, 4) is 5.75 Å². The van der Waals surface area contributed by atoms with Crippen LogP contribution in [0.5, 0.6) is 5.75 Å². The molecule has 0 aliphatic heterocycles. The molecule has 116 valence electrons. The predicted molar refractivity (Wildman–Crippen MR) is 84.3 cm³/mol. The first-order chi connectivity index (χ1) is 10.1. The van der Waals surface area contributed by atoms with E-state index in [1.54, 1.807) is 6.92 Å². The van der Waals surface area contributed by atoms with Crippen LogP contribution in [0.3, 0.4) is 0 Å². The van der Waals surface area contributed by atoms with Crippen molar-refractivity contribution >= 4 is 5.91 Å². The maximum atomic E-state index is 11.9. The zero-order chi connectivity index (χ0) is 15.2. The molecular weight excluding hydrogens is 264 g/mol. The lowest BCUT2D eigenvalue weighted by Gasteiger charge is -2.18. The van der Waals surface area contributed by atoms with Gasteiger partial charge in [-0.3, -0.25) is 4.79 Å². The number of carbonyl (C=O) groups is 1. The summed E-state index contributed by atoms with van der Waals surface area (Å²) in [6, 6.07) is 8.84. The summed E-state index contributed by atoms with van der Waals surface area (Å²) in [5.74, 6) is 0.667. The van der Waals surface area contributed by atoms with Crippen LogP contribution in [-0.4, -0.2) is 24.1 Å². The molecular formula is C17H26N2O2. The number of benzene rings is 1. The number of nitrogens with one attached hydrogen (secondary N) is 2. The van der Waals surface area contributed by atoms with E-state index in [1.165, 1.54) is 18.4 Å². The molecule has 1 amide bonds. The van der Waals surface area contributed by atoms with Crippen molar-refractivity contribution in [3.05, 3.63) is 29.8 Å². The Morgan fingerprint density at radius 3 is 2.52 bits per heavy atom. The van der Waals surface area contributed by atoms with Crippen molar-refractivity contribution in [1.82, 2.24) is 10.6 Å². The van der Waals surface area contributed by atoms with Crippen molar-refractivity contribution in [1.29, 1.82) is 0 Å². The summed E-state index contributed by atoms with van der Waals surface area (Å²) in [5, 5.41) is 6.40. The van der Waals surface area contributed by atoms with Gasteiger partial charge >= 0.3 is 0 Å². The van der Waals surface area contributed by atoms with Crippen LogP contribution in [0.25, 0.3) is 0 Å². The number of hydrogen-bond acceptors (Lipinski definition) is 3. The van der Waals surface area contributed by atoms with E-state index in [0.717, 1.165) is 18.7 Å². The molecule has 2 unspecified atom stereocenters. The fraction of sp³-hybridized carbons (Fsp3) is 0.588. The number of rotatable bonds is 8. The number of amides is 1. The standard InChI is InChI=1S/C17H26N2O2/c1-4-12(2)19-17(20)13(3)21-16-9-5-14(6-10-16)11-18-15-7-8-15/h5-6,9-10,12-13,15,18H,4,7-8,11H2,1-3H3,(H,19,20). The van der Waals surface area contributed by atoms with Crippen LogP contribution >= 0.6 is 0 Å². The normalized spacial score (nSPS) is 17.1. The minimum Gasteiger partial charge on any atom is -0.481 e. The van der Waals surface area contributed by atoms with Crippen molar-refractivity contribution in [2.24, 2.45) is 0 Å². The second-order valence-electron chi connectivity index (χ2n) is 5.88.